The van der Waals surface area contributed by atoms with Gasteiger partial charge in [-0.1, -0.05) is 13.0 Å². The van der Waals surface area contributed by atoms with Crippen LogP contribution in [0.1, 0.15) is 53.0 Å². The highest BCUT2D eigenvalue weighted by atomic mass is 32.1. The number of nitrogens with zero attached hydrogens (tertiary/aromatic N) is 1. The highest BCUT2D eigenvalue weighted by Gasteiger charge is 2.24. The number of esters is 1. The van der Waals surface area contributed by atoms with E-state index in [4.69, 9.17) is 4.74 Å². The van der Waals surface area contributed by atoms with Gasteiger partial charge in [-0.05, 0) is 55.9 Å². The first kappa shape index (κ1) is 17.7. The second kappa shape index (κ2) is 6.81. The van der Waals surface area contributed by atoms with Gasteiger partial charge in [-0.2, -0.15) is 0 Å². The summed E-state index contributed by atoms with van der Waals surface area (Å²) in [4.78, 5) is 34.2. The van der Waals surface area contributed by atoms with Gasteiger partial charge in [-0.25, -0.2) is 9.78 Å². The Labute approximate surface area is 159 Å². The van der Waals surface area contributed by atoms with Crippen molar-refractivity contribution in [1.82, 2.24) is 9.97 Å². The molecule has 27 heavy (non-hydrogen) atoms. The molecule has 0 saturated heterocycles. The van der Waals surface area contributed by atoms with Crippen LogP contribution in [0, 0.1) is 5.92 Å². The van der Waals surface area contributed by atoms with Crippen LogP contribution >= 0.6 is 11.3 Å². The number of H-pyrrole nitrogens is 1. The minimum atomic E-state index is -0.713. The monoisotopic (exact) mass is 384 g/mol. The van der Waals surface area contributed by atoms with Gasteiger partial charge in [-0.3, -0.25) is 4.79 Å². The molecule has 7 heteroatoms. The van der Waals surface area contributed by atoms with Crippen molar-refractivity contribution in [3.05, 3.63) is 56.4 Å². The minimum Gasteiger partial charge on any atom is -0.508 e. The number of hydrogen-bond acceptors (Lipinski definition) is 6. The maximum atomic E-state index is 12.7. The highest BCUT2D eigenvalue weighted by Crippen LogP contribution is 2.36. The molecule has 0 fully saturated rings. The van der Waals surface area contributed by atoms with Crippen molar-refractivity contribution in [3.63, 3.8) is 0 Å². The molecular formula is C20H20N2O4S. The number of aryl methyl sites for hydroxylation is 1. The Morgan fingerprint density at radius 3 is 3.04 bits per heavy atom. The Hall–Kier alpha value is -2.67. The van der Waals surface area contributed by atoms with Crippen molar-refractivity contribution < 1.29 is 14.6 Å². The third-order valence-corrected chi connectivity index (χ3v) is 6.08. The average Bonchev–Trinajstić information content (AvgIpc) is 2.99. The Bertz CT molecular complexity index is 1090. The van der Waals surface area contributed by atoms with E-state index in [-0.39, 0.29) is 16.9 Å². The highest BCUT2D eigenvalue weighted by molar-refractivity contribution is 7.18. The number of fused-ring (bicyclic) bond motifs is 3. The number of aromatic hydroxyl groups is 1. The second-order valence-electron chi connectivity index (χ2n) is 7.08. The van der Waals surface area contributed by atoms with Gasteiger partial charge in [0.25, 0.3) is 5.56 Å². The molecule has 140 valence electrons. The summed E-state index contributed by atoms with van der Waals surface area (Å²) in [7, 11) is 0. The molecule has 2 N–H and O–H groups in total. The maximum absolute atomic E-state index is 12.7. The first-order valence-corrected chi connectivity index (χ1v) is 9.78. The zero-order valence-electron chi connectivity index (χ0n) is 15.1. The normalized spacial score (nSPS) is 17.5. The van der Waals surface area contributed by atoms with Gasteiger partial charge in [0.15, 0.2) is 11.9 Å². The fourth-order valence-corrected chi connectivity index (χ4v) is 4.87. The molecule has 4 rings (SSSR count). The molecule has 0 saturated carbocycles. The summed E-state index contributed by atoms with van der Waals surface area (Å²) in [5.74, 6) is 0.350. The lowest BCUT2D eigenvalue weighted by atomic mass is 9.89. The number of aromatic amines is 1. The van der Waals surface area contributed by atoms with Crippen LogP contribution in [0.25, 0.3) is 10.2 Å². The third-order valence-electron chi connectivity index (χ3n) is 4.93. The molecule has 0 unspecified atom stereocenters. The quantitative estimate of drug-likeness (QED) is 0.671. The van der Waals surface area contributed by atoms with E-state index in [0.717, 1.165) is 24.8 Å². The Morgan fingerprint density at radius 1 is 1.44 bits per heavy atom. The number of carbonyl (C=O) groups excluding carboxylic acids is 1. The topological polar surface area (TPSA) is 92.3 Å². The lowest BCUT2D eigenvalue weighted by Gasteiger charge is -2.17. The van der Waals surface area contributed by atoms with Crippen LogP contribution in [0.2, 0.25) is 0 Å². The van der Waals surface area contributed by atoms with Crippen molar-refractivity contribution in [2.45, 2.75) is 39.2 Å². The van der Waals surface area contributed by atoms with E-state index in [9.17, 15) is 14.7 Å². The minimum absolute atomic E-state index is 0.0107. The van der Waals surface area contributed by atoms with Crippen LogP contribution in [0.15, 0.2) is 29.1 Å². The smallest absolute Gasteiger partial charge is 0.338 e. The van der Waals surface area contributed by atoms with Crippen LogP contribution in [0.5, 0.6) is 5.75 Å². The predicted octanol–water partition coefficient (Wildman–Crippen LogP) is 3.73. The molecular weight excluding hydrogens is 364 g/mol. The van der Waals surface area contributed by atoms with Gasteiger partial charge in [-0.15, -0.1) is 11.3 Å². The van der Waals surface area contributed by atoms with E-state index >= 15 is 0 Å². The molecule has 2 aromatic heterocycles. The Balaban J connectivity index is 1.64. The van der Waals surface area contributed by atoms with Crippen LogP contribution in [0.4, 0.5) is 0 Å². The van der Waals surface area contributed by atoms with Gasteiger partial charge in [0, 0.05) is 4.88 Å². The van der Waals surface area contributed by atoms with Gasteiger partial charge < -0.3 is 14.8 Å². The molecule has 2 heterocycles. The lowest BCUT2D eigenvalue weighted by molar-refractivity contribution is 0.0319. The van der Waals surface area contributed by atoms with E-state index in [0.29, 0.717) is 22.0 Å². The number of thiophene rings is 1. The Morgan fingerprint density at radius 2 is 2.26 bits per heavy atom. The van der Waals surface area contributed by atoms with Gasteiger partial charge in [0.05, 0.1) is 10.9 Å². The summed E-state index contributed by atoms with van der Waals surface area (Å²) in [6.07, 6.45) is 2.25. The molecule has 0 spiro atoms. The molecule has 0 amide bonds. The van der Waals surface area contributed by atoms with Crippen molar-refractivity contribution in [2.75, 3.05) is 0 Å². The maximum Gasteiger partial charge on any atom is 0.338 e. The largest absolute Gasteiger partial charge is 0.508 e. The lowest BCUT2D eigenvalue weighted by Crippen LogP contribution is -2.18. The van der Waals surface area contributed by atoms with E-state index < -0.39 is 12.1 Å². The zero-order chi connectivity index (χ0) is 19.1. The fraction of sp³-hybridized carbons (Fsp3) is 0.350. The van der Waals surface area contributed by atoms with Crippen LogP contribution < -0.4 is 5.56 Å². The van der Waals surface area contributed by atoms with Crippen LogP contribution in [0.3, 0.4) is 0 Å². The molecule has 0 aliphatic heterocycles. The summed E-state index contributed by atoms with van der Waals surface area (Å²) in [5.41, 5.74) is 1.19. The number of carbonyl (C=O) groups is 1. The van der Waals surface area contributed by atoms with E-state index in [1.54, 1.807) is 30.4 Å². The molecule has 6 nitrogen and oxygen atoms in total. The summed E-state index contributed by atoms with van der Waals surface area (Å²) < 4.78 is 5.42. The number of aromatic nitrogens is 2. The predicted molar refractivity (Wildman–Crippen MR) is 103 cm³/mol. The zero-order valence-corrected chi connectivity index (χ0v) is 15.9. The molecule has 1 aliphatic rings. The number of nitrogens with one attached hydrogen (secondary N) is 1. The first-order valence-electron chi connectivity index (χ1n) is 8.97. The molecule has 0 bridgehead atoms. The molecule has 0 radical (unpaired) electrons. The second-order valence-corrected chi connectivity index (χ2v) is 8.16. The standard InChI is InChI=1S/C20H20N2O4S/c1-10-6-7-14-15(8-10)27-19-16(14)18(24)21-17(22-19)11(2)26-20(25)12-4-3-5-13(23)9-12/h3-5,9-11,23H,6-8H2,1-2H3,(H,21,22,24)/t10-,11+/m0/s1. The molecule has 3 aromatic rings. The number of ether oxygens (including phenoxy) is 1. The number of hydrogen-bond donors (Lipinski definition) is 2. The van der Waals surface area contributed by atoms with Crippen molar-refractivity contribution in [3.8, 4) is 5.75 Å². The summed E-state index contributed by atoms with van der Waals surface area (Å²) in [6, 6.07) is 5.94. The number of phenols is 1. The van der Waals surface area contributed by atoms with Crippen LogP contribution in [-0.4, -0.2) is 21.0 Å². The van der Waals surface area contributed by atoms with Crippen molar-refractivity contribution in [1.29, 1.82) is 0 Å². The van der Waals surface area contributed by atoms with Crippen molar-refractivity contribution >= 4 is 27.5 Å². The number of benzene rings is 1. The van der Waals surface area contributed by atoms with Crippen molar-refractivity contribution in [2.24, 2.45) is 5.92 Å². The number of rotatable bonds is 3. The average molecular weight is 384 g/mol. The first-order chi connectivity index (χ1) is 12.9. The summed E-state index contributed by atoms with van der Waals surface area (Å²) in [5, 5.41) is 10.2. The SMILES string of the molecule is C[C@H]1CCc2c(sc3nc([C@@H](C)OC(=O)c4cccc(O)c4)[nH]c(=O)c23)C1. The molecule has 2 atom stereocenters. The van der Waals surface area contributed by atoms with Crippen LogP contribution in [-0.2, 0) is 17.6 Å². The summed E-state index contributed by atoms with van der Waals surface area (Å²) in [6.45, 7) is 3.89. The molecule has 1 aromatic carbocycles. The fourth-order valence-electron chi connectivity index (χ4n) is 3.48. The van der Waals surface area contributed by atoms with E-state index in [1.165, 1.54) is 17.0 Å². The van der Waals surface area contributed by atoms with Gasteiger partial charge in [0.1, 0.15) is 10.6 Å². The summed E-state index contributed by atoms with van der Waals surface area (Å²) >= 11 is 1.56. The van der Waals surface area contributed by atoms with Gasteiger partial charge >= 0.3 is 5.97 Å². The van der Waals surface area contributed by atoms with E-state index in [1.807, 2.05) is 0 Å². The molecule has 1 aliphatic carbocycles. The Kier molecular flexibility index (Phi) is 4.47. The van der Waals surface area contributed by atoms with Gasteiger partial charge in [0.2, 0.25) is 0 Å². The number of phenolic OH excluding ortho intramolecular Hbond substituents is 1. The third kappa shape index (κ3) is 3.35. The van der Waals surface area contributed by atoms with E-state index in [2.05, 4.69) is 16.9 Å².